The number of benzene rings is 3. The second-order valence-electron chi connectivity index (χ2n) is 9.28. The van der Waals surface area contributed by atoms with Crippen LogP contribution in [0.1, 0.15) is 18.1 Å². The van der Waals surface area contributed by atoms with Gasteiger partial charge in [-0.25, -0.2) is 9.37 Å². The number of hydrogen-bond donors (Lipinski definition) is 1. The Kier molecular flexibility index (Phi) is 7.19. The molecule has 1 N–H and O–H groups in total. The molecule has 0 fully saturated rings. The lowest BCUT2D eigenvalue weighted by Crippen LogP contribution is -2.29. The highest BCUT2D eigenvalue weighted by Crippen LogP contribution is 2.39. The monoisotopic (exact) mass is 539 g/mol. The van der Waals surface area contributed by atoms with Crippen molar-refractivity contribution < 1.29 is 26.7 Å². The van der Waals surface area contributed by atoms with Gasteiger partial charge in [0.1, 0.15) is 23.2 Å². The maximum Gasteiger partial charge on any atom is 0.420 e. The van der Waals surface area contributed by atoms with Crippen molar-refractivity contribution in [1.82, 2.24) is 25.1 Å². The van der Waals surface area contributed by atoms with Crippen LogP contribution in [0.2, 0.25) is 0 Å². The maximum atomic E-state index is 14.2. The number of nitrogens with one attached hydrogen (secondary N) is 1. The number of halogens is 4. The van der Waals surface area contributed by atoms with Gasteiger partial charge >= 0.3 is 6.18 Å². The maximum absolute atomic E-state index is 14.2. The van der Waals surface area contributed by atoms with Gasteiger partial charge in [0, 0.05) is 37.9 Å². The van der Waals surface area contributed by atoms with Crippen molar-refractivity contribution in [1.29, 1.82) is 0 Å². The first-order valence-corrected chi connectivity index (χ1v) is 12.1. The van der Waals surface area contributed by atoms with Crippen molar-refractivity contribution >= 4 is 11.1 Å². The lowest BCUT2D eigenvalue weighted by Gasteiger charge is -2.14. The van der Waals surface area contributed by atoms with Gasteiger partial charge in [-0.05, 0) is 60.0 Å². The van der Waals surface area contributed by atoms with Gasteiger partial charge in [0.25, 0.3) is 0 Å². The summed E-state index contributed by atoms with van der Waals surface area (Å²) in [6, 6.07) is 13.9. The summed E-state index contributed by atoms with van der Waals surface area (Å²) in [6.07, 6.45) is -3.12. The van der Waals surface area contributed by atoms with Crippen LogP contribution in [0.15, 0.2) is 65.3 Å². The standard InChI is InChI=1S/C28H25F4N5O2/c1-16(14-38-3)33-13-17-9-23(28(30,31)32)25-24(10-17)35-27(39-25)19-6-4-5-18(11-19)21-8-7-20(29)12-22(21)26-36-34-15-37(26)2/h4-12,15-16,33H,13-14H2,1-3H3/t16-/m1/s1. The molecule has 39 heavy (non-hydrogen) atoms. The third-order valence-electron chi connectivity index (χ3n) is 6.28. The minimum absolute atomic E-state index is 0.0394. The van der Waals surface area contributed by atoms with E-state index in [1.165, 1.54) is 18.5 Å². The first kappa shape index (κ1) is 26.5. The van der Waals surface area contributed by atoms with Gasteiger partial charge < -0.3 is 19.0 Å². The molecule has 7 nitrogen and oxygen atoms in total. The molecule has 5 rings (SSSR count). The lowest BCUT2D eigenvalue weighted by atomic mass is 9.97. The van der Waals surface area contributed by atoms with Crippen LogP contribution >= 0.6 is 0 Å². The van der Waals surface area contributed by atoms with Crippen LogP contribution in [-0.4, -0.2) is 39.5 Å². The number of aryl methyl sites for hydroxylation is 1. The summed E-state index contributed by atoms with van der Waals surface area (Å²) in [5.41, 5.74) is 1.63. The van der Waals surface area contributed by atoms with E-state index in [0.29, 0.717) is 40.2 Å². The molecule has 0 saturated carbocycles. The molecule has 0 radical (unpaired) electrons. The van der Waals surface area contributed by atoms with Crippen LogP contribution in [0, 0.1) is 5.82 Å². The number of aromatic nitrogens is 4. The first-order chi connectivity index (χ1) is 18.6. The number of nitrogens with zero attached hydrogens (tertiary/aromatic N) is 4. The van der Waals surface area contributed by atoms with E-state index in [1.54, 1.807) is 49.1 Å². The fraction of sp³-hybridized carbons (Fsp3) is 0.250. The van der Waals surface area contributed by atoms with Gasteiger partial charge in [-0.1, -0.05) is 18.2 Å². The van der Waals surface area contributed by atoms with E-state index in [4.69, 9.17) is 9.15 Å². The van der Waals surface area contributed by atoms with Crippen molar-refractivity contribution in [3.05, 3.63) is 77.9 Å². The number of alkyl halides is 3. The topological polar surface area (TPSA) is 78.0 Å². The Hall–Kier alpha value is -4.09. The molecular weight excluding hydrogens is 514 g/mol. The first-order valence-electron chi connectivity index (χ1n) is 12.1. The quantitative estimate of drug-likeness (QED) is 0.235. The second kappa shape index (κ2) is 10.6. The summed E-state index contributed by atoms with van der Waals surface area (Å²) in [7, 11) is 3.31. The van der Waals surface area contributed by atoms with Crippen molar-refractivity contribution in [3.8, 4) is 34.0 Å². The summed E-state index contributed by atoms with van der Waals surface area (Å²) >= 11 is 0. The summed E-state index contributed by atoms with van der Waals surface area (Å²) < 4.78 is 68.6. The molecule has 3 aromatic carbocycles. The number of hydrogen-bond acceptors (Lipinski definition) is 6. The Morgan fingerprint density at radius 3 is 2.56 bits per heavy atom. The number of oxazole rings is 1. The number of rotatable bonds is 8. The molecule has 0 saturated heterocycles. The van der Waals surface area contributed by atoms with Crippen LogP contribution in [0.25, 0.3) is 45.1 Å². The fourth-order valence-electron chi connectivity index (χ4n) is 4.43. The van der Waals surface area contributed by atoms with Gasteiger partial charge in [-0.3, -0.25) is 0 Å². The molecule has 0 bridgehead atoms. The summed E-state index contributed by atoms with van der Waals surface area (Å²) in [6.45, 7) is 2.51. The Morgan fingerprint density at radius 1 is 1.05 bits per heavy atom. The molecule has 0 aliphatic heterocycles. The van der Waals surface area contributed by atoms with E-state index in [-0.39, 0.29) is 29.6 Å². The molecule has 0 aliphatic rings. The van der Waals surface area contributed by atoms with E-state index < -0.39 is 17.6 Å². The molecular formula is C28H25F4N5O2. The van der Waals surface area contributed by atoms with Crippen LogP contribution in [0.5, 0.6) is 0 Å². The average Bonchev–Trinajstić information content (AvgIpc) is 3.52. The Morgan fingerprint density at radius 2 is 1.85 bits per heavy atom. The minimum Gasteiger partial charge on any atom is -0.435 e. The molecule has 202 valence electrons. The summed E-state index contributed by atoms with van der Waals surface area (Å²) in [4.78, 5) is 4.41. The van der Waals surface area contributed by atoms with Crippen molar-refractivity contribution in [3.63, 3.8) is 0 Å². The van der Waals surface area contributed by atoms with Crippen LogP contribution < -0.4 is 5.32 Å². The molecule has 11 heteroatoms. The highest BCUT2D eigenvalue weighted by atomic mass is 19.4. The smallest absolute Gasteiger partial charge is 0.420 e. The van der Waals surface area contributed by atoms with Crippen molar-refractivity contribution in [2.45, 2.75) is 25.7 Å². The van der Waals surface area contributed by atoms with Crippen LogP contribution in [0.4, 0.5) is 17.6 Å². The van der Waals surface area contributed by atoms with Gasteiger partial charge in [-0.2, -0.15) is 13.2 Å². The summed E-state index contributed by atoms with van der Waals surface area (Å²) in [5.74, 6) is 0.0681. The third kappa shape index (κ3) is 5.55. The highest BCUT2D eigenvalue weighted by Gasteiger charge is 2.35. The second-order valence-corrected chi connectivity index (χ2v) is 9.28. The molecule has 2 heterocycles. The van der Waals surface area contributed by atoms with Crippen LogP contribution in [-0.2, 0) is 24.5 Å². The number of ether oxygens (including phenoxy) is 1. The Balaban J connectivity index is 1.56. The van der Waals surface area contributed by atoms with E-state index in [0.717, 1.165) is 6.07 Å². The Labute approximate surface area is 221 Å². The molecule has 0 unspecified atom stereocenters. The zero-order valence-corrected chi connectivity index (χ0v) is 21.4. The van der Waals surface area contributed by atoms with E-state index in [1.807, 2.05) is 13.0 Å². The van der Waals surface area contributed by atoms with Crippen molar-refractivity contribution in [2.75, 3.05) is 13.7 Å². The van der Waals surface area contributed by atoms with Gasteiger partial charge in [-0.15, -0.1) is 10.2 Å². The lowest BCUT2D eigenvalue weighted by molar-refractivity contribution is -0.136. The van der Waals surface area contributed by atoms with E-state index in [2.05, 4.69) is 20.5 Å². The molecule has 0 amide bonds. The molecule has 2 aromatic heterocycles. The largest absolute Gasteiger partial charge is 0.435 e. The average molecular weight is 540 g/mol. The van der Waals surface area contributed by atoms with E-state index >= 15 is 0 Å². The van der Waals surface area contributed by atoms with Crippen molar-refractivity contribution in [2.24, 2.45) is 7.05 Å². The normalized spacial score (nSPS) is 12.8. The molecule has 5 aromatic rings. The minimum atomic E-state index is -4.63. The van der Waals surface area contributed by atoms with E-state index in [9.17, 15) is 17.6 Å². The number of methoxy groups -OCH3 is 1. The highest BCUT2D eigenvalue weighted by molar-refractivity contribution is 5.84. The van der Waals surface area contributed by atoms with Gasteiger partial charge in [0.2, 0.25) is 5.89 Å². The predicted molar refractivity (Wildman–Crippen MR) is 138 cm³/mol. The summed E-state index contributed by atoms with van der Waals surface area (Å²) in [5, 5.41) is 11.1. The molecule has 0 aliphatic carbocycles. The fourth-order valence-corrected chi connectivity index (χ4v) is 4.43. The third-order valence-corrected chi connectivity index (χ3v) is 6.28. The SMILES string of the molecule is COC[C@@H](C)NCc1cc(C(F)(F)F)c2oc(-c3cccc(-c4ccc(F)cc4-c4nncn4C)c3)nc2c1. The van der Waals surface area contributed by atoms with Gasteiger partial charge in [0.05, 0.1) is 6.61 Å². The Bertz CT molecular complexity index is 1630. The zero-order chi connectivity index (χ0) is 27.7. The zero-order valence-electron chi connectivity index (χ0n) is 21.4. The number of fused-ring (bicyclic) bond motifs is 1. The molecule has 1 atom stereocenters. The predicted octanol–water partition coefficient (Wildman–Crippen LogP) is 6.24. The van der Waals surface area contributed by atoms with Crippen LogP contribution in [0.3, 0.4) is 0 Å². The molecule has 0 spiro atoms. The van der Waals surface area contributed by atoms with Gasteiger partial charge in [0.15, 0.2) is 11.4 Å².